The molecule has 2 rings (SSSR count). The van der Waals surface area contributed by atoms with Crippen LogP contribution in [0.4, 0.5) is 0 Å². The van der Waals surface area contributed by atoms with Crippen molar-refractivity contribution in [1.82, 2.24) is 20.2 Å². The lowest BCUT2D eigenvalue weighted by atomic mass is 10.3. The molecular formula is C11H13ClN4O2. The number of nitrogens with zero attached hydrogens (tertiary/aromatic N) is 4. The summed E-state index contributed by atoms with van der Waals surface area (Å²) in [4.78, 5) is 0. The molecule has 1 atom stereocenters. The van der Waals surface area contributed by atoms with Gasteiger partial charge in [-0.2, -0.15) is 0 Å². The number of ether oxygens (including phenoxy) is 1. The molecule has 0 aliphatic rings. The van der Waals surface area contributed by atoms with Gasteiger partial charge in [-0.1, -0.05) is 23.7 Å². The molecule has 0 amide bonds. The average molecular weight is 269 g/mol. The maximum atomic E-state index is 9.81. The number of hydrogen-bond donors (Lipinski definition) is 1. The van der Waals surface area contributed by atoms with Crippen LogP contribution in [0, 0.1) is 6.92 Å². The first kappa shape index (κ1) is 12.8. The van der Waals surface area contributed by atoms with Gasteiger partial charge in [-0.3, -0.25) is 0 Å². The number of hydrogen-bond acceptors (Lipinski definition) is 5. The third-order valence-electron chi connectivity index (χ3n) is 2.36. The van der Waals surface area contributed by atoms with Crippen LogP contribution in [0.5, 0.6) is 5.75 Å². The zero-order valence-corrected chi connectivity index (χ0v) is 10.6. The first-order chi connectivity index (χ1) is 8.66. The van der Waals surface area contributed by atoms with Crippen molar-refractivity contribution in [2.75, 3.05) is 6.61 Å². The molecule has 1 N–H and O–H groups in total. The molecule has 7 heteroatoms. The second-order valence-electron chi connectivity index (χ2n) is 3.80. The van der Waals surface area contributed by atoms with E-state index in [1.54, 1.807) is 19.1 Å². The van der Waals surface area contributed by atoms with E-state index in [2.05, 4.69) is 15.5 Å². The van der Waals surface area contributed by atoms with Gasteiger partial charge in [0.25, 0.3) is 0 Å². The first-order valence-corrected chi connectivity index (χ1v) is 5.83. The first-order valence-electron chi connectivity index (χ1n) is 5.45. The van der Waals surface area contributed by atoms with Crippen molar-refractivity contribution in [3.05, 3.63) is 35.1 Å². The van der Waals surface area contributed by atoms with Crippen molar-refractivity contribution >= 4 is 11.6 Å². The Bertz CT molecular complexity index is 517. The number of aliphatic hydroxyl groups excluding tert-OH is 1. The van der Waals surface area contributed by atoms with E-state index in [4.69, 9.17) is 16.3 Å². The molecule has 0 saturated carbocycles. The molecule has 0 aliphatic heterocycles. The smallest absolute Gasteiger partial charge is 0.148 e. The van der Waals surface area contributed by atoms with Gasteiger partial charge in [-0.25, -0.2) is 4.68 Å². The van der Waals surface area contributed by atoms with Crippen LogP contribution in [-0.2, 0) is 6.54 Å². The fourth-order valence-corrected chi connectivity index (χ4v) is 1.61. The number of benzene rings is 1. The van der Waals surface area contributed by atoms with Crippen LogP contribution >= 0.6 is 11.6 Å². The van der Waals surface area contributed by atoms with Crippen molar-refractivity contribution in [1.29, 1.82) is 0 Å². The van der Waals surface area contributed by atoms with Crippen molar-refractivity contribution in [3.8, 4) is 5.75 Å². The van der Waals surface area contributed by atoms with E-state index in [0.717, 1.165) is 0 Å². The van der Waals surface area contributed by atoms with E-state index in [1.165, 1.54) is 4.68 Å². The second kappa shape index (κ2) is 5.79. The molecule has 1 aromatic carbocycles. The van der Waals surface area contributed by atoms with Gasteiger partial charge in [0.15, 0.2) is 0 Å². The highest BCUT2D eigenvalue weighted by molar-refractivity contribution is 6.32. The van der Waals surface area contributed by atoms with Gasteiger partial charge >= 0.3 is 0 Å². The number of tetrazole rings is 1. The standard InChI is InChI=1S/C11H13ClN4O2/c1-8-13-14-15-16(8)6-9(17)7-18-11-5-3-2-4-10(11)12/h2-5,9,17H,6-7H2,1H3/t9-/m1/s1. The zero-order chi connectivity index (χ0) is 13.0. The molecule has 1 heterocycles. The van der Waals surface area contributed by atoms with Gasteiger partial charge in [0, 0.05) is 0 Å². The molecule has 0 radical (unpaired) electrons. The summed E-state index contributed by atoms with van der Waals surface area (Å²) in [6, 6.07) is 7.11. The summed E-state index contributed by atoms with van der Waals surface area (Å²) < 4.78 is 6.94. The molecule has 0 spiro atoms. The SMILES string of the molecule is Cc1nnnn1C[C@@H](O)COc1ccccc1Cl. The number of rotatable bonds is 5. The van der Waals surface area contributed by atoms with Crippen LogP contribution in [-0.4, -0.2) is 38.0 Å². The van der Waals surface area contributed by atoms with E-state index >= 15 is 0 Å². The topological polar surface area (TPSA) is 73.1 Å². The normalized spacial score (nSPS) is 12.4. The maximum Gasteiger partial charge on any atom is 0.148 e. The molecule has 0 saturated heterocycles. The molecule has 0 fully saturated rings. The number of para-hydroxylation sites is 1. The van der Waals surface area contributed by atoms with E-state index in [0.29, 0.717) is 16.6 Å². The van der Waals surface area contributed by atoms with Crippen molar-refractivity contribution < 1.29 is 9.84 Å². The lowest BCUT2D eigenvalue weighted by Gasteiger charge is -2.13. The molecule has 2 aromatic rings. The third-order valence-corrected chi connectivity index (χ3v) is 2.67. The number of halogens is 1. The predicted molar refractivity (Wildman–Crippen MR) is 65.5 cm³/mol. The molecule has 0 aliphatic carbocycles. The zero-order valence-electron chi connectivity index (χ0n) is 9.82. The Morgan fingerprint density at radius 2 is 2.22 bits per heavy atom. The van der Waals surface area contributed by atoms with E-state index < -0.39 is 6.10 Å². The van der Waals surface area contributed by atoms with E-state index in [9.17, 15) is 5.11 Å². The van der Waals surface area contributed by atoms with Crippen LogP contribution in [0.25, 0.3) is 0 Å². The van der Waals surface area contributed by atoms with Crippen molar-refractivity contribution in [2.45, 2.75) is 19.6 Å². The van der Waals surface area contributed by atoms with Gasteiger partial charge in [-0.05, 0) is 29.5 Å². The van der Waals surface area contributed by atoms with E-state index in [-0.39, 0.29) is 13.2 Å². The maximum absolute atomic E-state index is 9.81. The summed E-state index contributed by atoms with van der Waals surface area (Å²) in [5.41, 5.74) is 0. The highest BCUT2D eigenvalue weighted by Gasteiger charge is 2.10. The van der Waals surface area contributed by atoms with Crippen LogP contribution < -0.4 is 4.74 Å². The van der Waals surface area contributed by atoms with Crippen LogP contribution in [0.2, 0.25) is 5.02 Å². The minimum atomic E-state index is -0.705. The van der Waals surface area contributed by atoms with Gasteiger partial charge in [0.1, 0.15) is 24.3 Å². The fourth-order valence-electron chi connectivity index (χ4n) is 1.42. The van der Waals surface area contributed by atoms with Crippen LogP contribution in [0.3, 0.4) is 0 Å². The highest BCUT2D eigenvalue weighted by Crippen LogP contribution is 2.23. The van der Waals surface area contributed by atoms with Gasteiger partial charge in [0.2, 0.25) is 0 Å². The Morgan fingerprint density at radius 1 is 1.44 bits per heavy atom. The molecular weight excluding hydrogens is 256 g/mol. The molecule has 96 valence electrons. The monoisotopic (exact) mass is 268 g/mol. The van der Waals surface area contributed by atoms with Crippen LogP contribution in [0.1, 0.15) is 5.82 Å². The largest absolute Gasteiger partial charge is 0.489 e. The number of aromatic nitrogens is 4. The lowest BCUT2D eigenvalue weighted by molar-refractivity contribution is 0.0882. The van der Waals surface area contributed by atoms with Gasteiger partial charge in [-0.15, -0.1) is 5.10 Å². The quantitative estimate of drug-likeness (QED) is 0.878. The van der Waals surface area contributed by atoms with Crippen molar-refractivity contribution in [2.24, 2.45) is 0 Å². The molecule has 6 nitrogen and oxygen atoms in total. The van der Waals surface area contributed by atoms with Crippen LogP contribution in [0.15, 0.2) is 24.3 Å². The Morgan fingerprint density at radius 3 is 2.89 bits per heavy atom. The Balaban J connectivity index is 1.87. The lowest BCUT2D eigenvalue weighted by Crippen LogP contribution is -2.24. The second-order valence-corrected chi connectivity index (χ2v) is 4.21. The molecule has 18 heavy (non-hydrogen) atoms. The summed E-state index contributed by atoms with van der Waals surface area (Å²) in [6.45, 7) is 2.17. The average Bonchev–Trinajstić information content (AvgIpc) is 2.74. The third kappa shape index (κ3) is 3.18. The Hall–Kier alpha value is -1.66. The van der Waals surface area contributed by atoms with Crippen molar-refractivity contribution in [3.63, 3.8) is 0 Å². The van der Waals surface area contributed by atoms with Gasteiger partial charge in [0.05, 0.1) is 11.6 Å². The predicted octanol–water partition coefficient (Wildman–Crippen LogP) is 1.07. The fraction of sp³-hybridized carbons (Fsp3) is 0.364. The molecule has 0 bridgehead atoms. The summed E-state index contributed by atoms with van der Waals surface area (Å²) in [7, 11) is 0. The molecule has 0 unspecified atom stereocenters. The van der Waals surface area contributed by atoms with Gasteiger partial charge < -0.3 is 9.84 Å². The highest BCUT2D eigenvalue weighted by atomic mass is 35.5. The Kier molecular flexibility index (Phi) is 4.11. The minimum absolute atomic E-state index is 0.128. The summed E-state index contributed by atoms with van der Waals surface area (Å²) >= 11 is 5.93. The minimum Gasteiger partial charge on any atom is -0.489 e. The number of aliphatic hydroxyl groups is 1. The number of aryl methyl sites for hydroxylation is 1. The summed E-state index contributed by atoms with van der Waals surface area (Å²) in [6.07, 6.45) is -0.705. The Labute approximate surface area is 109 Å². The van der Waals surface area contributed by atoms with E-state index in [1.807, 2.05) is 12.1 Å². The summed E-state index contributed by atoms with van der Waals surface area (Å²) in [5.74, 6) is 1.19. The molecule has 1 aromatic heterocycles. The summed E-state index contributed by atoms with van der Waals surface area (Å²) in [5, 5.41) is 21.3.